The molecule has 11 nitrogen and oxygen atoms in total. The predicted molar refractivity (Wildman–Crippen MR) is 108 cm³/mol. The van der Waals surface area contributed by atoms with Crippen LogP contribution in [-0.4, -0.2) is 78.9 Å². The first-order valence-corrected chi connectivity index (χ1v) is 9.71. The number of nitrogens with one attached hydrogen (secondary N) is 1. The van der Waals surface area contributed by atoms with E-state index in [0.29, 0.717) is 23.4 Å². The summed E-state index contributed by atoms with van der Waals surface area (Å²) >= 11 is 0. The molecule has 1 aliphatic heterocycles. The molecule has 0 unspecified atom stereocenters. The normalized spacial score (nSPS) is 24.3. The number of benzene rings is 1. The number of rotatable bonds is 7. The summed E-state index contributed by atoms with van der Waals surface area (Å²) in [6.07, 6.45) is -1.37. The minimum atomic E-state index is -1.28. The number of nitrogens with zero attached hydrogens (tertiary/aromatic N) is 4. The van der Waals surface area contributed by atoms with E-state index in [1.54, 1.807) is 0 Å². The predicted octanol–water partition coefficient (Wildman–Crippen LogP) is -0.366. The Morgan fingerprint density at radius 3 is 2.68 bits per heavy atom. The second-order valence-corrected chi connectivity index (χ2v) is 7.18. The smallest absolute Gasteiger partial charge is 0.328 e. The van der Waals surface area contributed by atoms with Gasteiger partial charge in [-0.1, -0.05) is 30.3 Å². The van der Waals surface area contributed by atoms with Gasteiger partial charge < -0.3 is 30.1 Å². The second kappa shape index (κ2) is 8.94. The number of imidazole rings is 1. The average molecular weight is 429 g/mol. The van der Waals surface area contributed by atoms with Gasteiger partial charge in [0, 0.05) is 6.42 Å². The Labute approximate surface area is 177 Å². The summed E-state index contributed by atoms with van der Waals surface area (Å²) in [5.74, 6) is -0.152. The first-order valence-electron chi connectivity index (χ1n) is 9.71. The van der Waals surface area contributed by atoms with Gasteiger partial charge in [0.05, 0.1) is 20.0 Å². The van der Waals surface area contributed by atoms with Gasteiger partial charge in [-0.25, -0.2) is 19.7 Å². The third-order valence-corrected chi connectivity index (χ3v) is 5.23. The molecule has 0 aliphatic carbocycles. The summed E-state index contributed by atoms with van der Waals surface area (Å²) < 4.78 is 11.9. The van der Waals surface area contributed by atoms with Crippen LogP contribution in [0.5, 0.6) is 0 Å². The number of anilines is 1. The van der Waals surface area contributed by atoms with Gasteiger partial charge in [0.1, 0.15) is 30.7 Å². The van der Waals surface area contributed by atoms with Crippen molar-refractivity contribution in [1.82, 2.24) is 19.5 Å². The fourth-order valence-electron chi connectivity index (χ4n) is 3.60. The maximum atomic E-state index is 12.4. The zero-order chi connectivity index (χ0) is 22.0. The monoisotopic (exact) mass is 429 g/mol. The van der Waals surface area contributed by atoms with E-state index in [4.69, 9.17) is 9.47 Å². The van der Waals surface area contributed by atoms with Crippen LogP contribution in [0.2, 0.25) is 0 Å². The molecular formula is C20H23N5O6. The molecular weight excluding hydrogens is 406 g/mol. The number of aromatic nitrogens is 4. The number of aliphatic hydroxyl groups is 3. The van der Waals surface area contributed by atoms with Crippen LogP contribution in [0.3, 0.4) is 0 Å². The standard InChI is InChI=1S/C20H23N5O6/c1-30-20(29)12(7-11-5-3-2-4-6-11)24-17-14-18(22-9-21-17)25(10-23-14)19-16(28)15(27)13(8-26)31-19/h2-6,9-10,12-13,15-16,19,26-28H,7-8H2,1H3,(H,21,22,24)/t12-,13+,15+,16+,19+/m0/s1. The minimum Gasteiger partial charge on any atom is -0.467 e. The first kappa shape index (κ1) is 21.1. The molecule has 4 rings (SSSR count). The van der Waals surface area contributed by atoms with Gasteiger partial charge in [-0.3, -0.25) is 4.57 Å². The highest BCUT2D eigenvalue weighted by atomic mass is 16.6. The summed E-state index contributed by atoms with van der Waals surface area (Å²) in [6.45, 7) is -0.441. The van der Waals surface area contributed by atoms with Crippen LogP contribution in [0.25, 0.3) is 11.2 Å². The fourth-order valence-corrected chi connectivity index (χ4v) is 3.60. The number of aliphatic hydroxyl groups excluding tert-OH is 3. The Bertz CT molecular complexity index is 1040. The zero-order valence-electron chi connectivity index (χ0n) is 16.7. The molecule has 1 aliphatic rings. The van der Waals surface area contributed by atoms with Gasteiger partial charge in [-0.15, -0.1) is 0 Å². The third kappa shape index (κ3) is 4.08. The van der Waals surface area contributed by atoms with Crippen LogP contribution in [0.1, 0.15) is 11.8 Å². The van der Waals surface area contributed by atoms with Crippen LogP contribution >= 0.6 is 0 Å². The van der Waals surface area contributed by atoms with Crippen LogP contribution in [-0.2, 0) is 20.7 Å². The number of carbonyl (C=O) groups is 1. The Balaban J connectivity index is 1.63. The number of ether oxygens (including phenoxy) is 2. The lowest BCUT2D eigenvalue weighted by Gasteiger charge is -2.18. The van der Waals surface area contributed by atoms with E-state index >= 15 is 0 Å². The molecule has 1 fully saturated rings. The van der Waals surface area contributed by atoms with E-state index in [9.17, 15) is 20.1 Å². The number of hydrogen-bond acceptors (Lipinski definition) is 10. The largest absolute Gasteiger partial charge is 0.467 e. The summed E-state index contributed by atoms with van der Waals surface area (Å²) in [7, 11) is 1.31. The maximum absolute atomic E-state index is 12.4. The lowest BCUT2D eigenvalue weighted by Crippen LogP contribution is -2.33. The van der Waals surface area contributed by atoms with Gasteiger partial charge in [0.2, 0.25) is 0 Å². The van der Waals surface area contributed by atoms with Crippen molar-refractivity contribution < 1.29 is 29.6 Å². The Morgan fingerprint density at radius 1 is 1.23 bits per heavy atom. The number of fused-ring (bicyclic) bond motifs is 1. The molecule has 0 bridgehead atoms. The van der Waals surface area contributed by atoms with E-state index < -0.39 is 43.2 Å². The van der Waals surface area contributed by atoms with Gasteiger partial charge in [-0.2, -0.15) is 0 Å². The molecule has 11 heteroatoms. The van der Waals surface area contributed by atoms with Crippen molar-refractivity contribution >= 4 is 23.0 Å². The van der Waals surface area contributed by atoms with Gasteiger partial charge in [0.25, 0.3) is 0 Å². The van der Waals surface area contributed by atoms with Crippen molar-refractivity contribution in [2.45, 2.75) is 37.0 Å². The highest BCUT2D eigenvalue weighted by molar-refractivity contribution is 5.86. The SMILES string of the molecule is COC(=O)[C@H](Cc1ccccc1)Nc1ncnc2c1ncn2[C@@H]1O[C@H](CO)[C@@H](O)[C@H]1O. The molecule has 3 heterocycles. The number of methoxy groups -OCH3 is 1. The van der Waals surface area contributed by atoms with E-state index in [0.717, 1.165) is 5.56 Å². The van der Waals surface area contributed by atoms with Crippen molar-refractivity contribution in [3.63, 3.8) is 0 Å². The Morgan fingerprint density at radius 2 is 2.00 bits per heavy atom. The maximum Gasteiger partial charge on any atom is 0.328 e. The van der Waals surface area contributed by atoms with E-state index in [1.165, 1.54) is 24.3 Å². The summed E-state index contributed by atoms with van der Waals surface area (Å²) in [5.41, 5.74) is 1.62. The Kier molecular flexibility index (Phi) is 6.09. The van der Waals surface area contributed by atoms with Crippen LogP contribution in [0, 0.1) is 0 Å². The molecule has 0 saturated carbocycles. The van der Waals surface area contributed by atoms with Gasteiger partial charge in [0.15, 0.2) is 23.2 Å². The van der Waals surface area contributed by atoms with Gasteiger partial charge >= 0.3 is 5.97 Å². The fraction of sp³-hybridized carbons (Fsp3) is 0.400. The molecule has 4 N–H and O–H groups in total. The number of esters is 1. The van der Waals surface area contributed by atoms with Crippen molar-refractivity contribution in [2.24, 2.45) is 0 Å². The van der Waals surface area contributed by atoms with Gasteiger partial charge in [-0.05, 0) is 5.56 Å². The van der Waals surface area contributed by atoms with Crippen molar-refractivity contribution in [3.8, 4) is 0 Å². The molecule has 2 aromatic heterocycles. The molecule has 1 aromatic carbocycles. The lowest BCUT2D eigenvalue weighted by molar-refractivity contribution is -0.141. The number of carbonyl (C=O) groups excluding carboxylic acids is 1. The van der Waals surface area contributed by atoms with Crippen LogP contribution < -0.4 is 5.32 Å². The molecule has 164 valence electrons. The third-order valence-electron chi connectivity index (χ3n) is 5.23. The molecule has 31 heavy (non-hydrogen) atoms. The molecule has 0 radical (unpaired) electrons. The molecule has 3 aromatic rings. The van der Waals surface area contributed by atoms with E-state index in [2.05, 4.69) is 20.3 Å². The molecule has 1 saturated heterocycles. The summed E-state index contributed by atoms with van der Waals surface area (Å²) in [5, 5.41) is 32.7. The number of hydrogen-bond donors (Lipinski definition) is 4. The van der Waals surface area contributed by atoms with Crippen LogP contribution in [0.4, 0.5) is 5.82 Å². The van der Waals surface area contributed by atoms with E-state index in [-0.39, 0.29) is 0 Å². The zero-order valence-corrected chi connectivity index (χ0v) is 16.7. The summed E-state index contributed by atoms with van der Waals surface area (Å²) in [6, 6.07) is 8.75. The average Bonchev–Trinajstić information content (AvgIpc) is 3.35. The van der Waals surface area contributed by atoms with Crippen molar-refractivity contribution in [2.75, 3.05) is 19.0 Å². The van der Waals surface area contributed by atoms with Crippen molar-refractivity contribution in [1.29, 1.82) is 0 Å². The minimum absolute atomic E-state index is 0.307. The molecule has 0 amide bonds. The first-order chi connectivity index (χ1) is 15.0. The second-order valence-electron chi connectivity index (χ2n) is 7.18. The highest BCUT2D eigenvalue weighted by Crippen LogP contribution is 2.32. The molecule has 0 spiro atoms. The molecule has 5 atom stereocenters. The van der Waals surface area contributed by atoms with Crippen LogP contribution in [0.15, 0.2) is 43.0 Å². The summed E-state index contributed by atoms with van der Waals surface area (Å²) in [4.78, 5) is 25.1. The van der Waals surface area contributed by atoms with Crippen molar-refractivity contribution in [3.05, 3.63) is 48.5 Å². The van der Waals surface area contributed by atoms with E-state index in [1.807, 2.05) is 30.3 Å². The Hall–Kier alpha value is -3.12. The topological polar surface area (TPSA) is 152 Å². The lowest BCUT2D eigenvalue weighted by atomic mass is 10.1. The quantitative estimate of drug-likeness (QED) is 0.366. The highest BCUT2D eigenvalue weighted by Gasteiger charge is 2.44.